The minimum absolute atomic E-state index is 0.0632. The molecule has 0 bridgehead atoms. The van der Waals surface area contributed by atoms with Crippen LogP contribution in [-0.2, 0) is 17.8 Å². The van der Waals surface area contributed by atoms with Crippen molar-refractivity contribution in [3.8, 4) is 0 Å². The fourth-order valence-electron chi connectivity index (χ4n) is 2.48. The number of amides is 1. The number of guanidine groups is 1. The molecule has 0 radical (unpaired) electrons. The number of carbonyl (C=O) groups is 1. The lowest BCUT2D eigenvalue weighted by Crippen LogP contribution is -2.45. The van der Waals surface area contributed by atoms with Gasteiger partial charge in [-0.15, -0.1) is 0 Å². The summed E-state index contributed by atoms with van der Waals surface area (Å²) in [6.07, 6.45) is 0.736. The van der Waals surface area contributed by atoms with E-state index < -0.39 is 0 Å². The van der Waals surface area contributed by atoms with Gasteiger partial charge in [-0.2, -0.15) is 0 Å². The normalized spacial score (nSPS) is 14.5. The first-order valence-corrected chi connectivity index (χ1v) is 8.42. The van der Waals surface area contributed by atoms with Crippen molar-refractivity contribution >= 4 is 27.8 Å². The van der Waals surface area contributed by atoms with Gasteiger partial charge in [-0.25, -0.2) is 9.38 Å². The Bertz CT molecular complexity index is 618. The molecule has 1 aliphatic rings. The SMILES string of the molecule is CCNC(=NCC(=O)N(C)C)N1CCc2c(Br)ccc(F)c2C1. The lowest BCUT2D eigenvalue weighted by molar-refractivity contribution is -0.127. The Labute approximate surface area is 144 Å². The number of rotatable bonds is 3. The Morgan fingerprint density at radius 2 is 2.17 bits per heavy atom. The van der Waals surface area contributed by atoms with E-state index in [1.54, 1.807) is 20.2 Å². The van der Waals surface area contributed by atoms with E-state index in [2.05, 4.69) is 26.2 Å². The molecule has 0 unspecified atom stereocenters. The van der Waals surface area contributed by atoms with Crippen LogP contribution in [-0.4, -0.2) is 55.4 Å². The second kappa shape index (κ2) is 7.77. The lowest BCUT2D eigenvalue weighted by Gasteiger charge is -2.32. The molecule has 2 rings (SSSR count). The molecule has 1 amide bonds. The van der Waals surface area contributed by atoms with Crippen molar-refractivity contribution in [1.82, 2.24) is 15.1 Å². The number of nitrogens with one attached hydrogen (secondary N) is 1. The molecular weight excluding hydrogens is 363 g/mol. The monoisotopic (exact) mass is 384 g/mol. The molecule has 0 aromatic heterocycles. The molecule has 5 nitrogen and oxygen atoms in total. The highest BCUT2D eigenvalue weighted by molar-refractivity contribution is 9.10. The van der Waals surface area contributed by atoms with Gasteiger partial charge in [0.15, 0.2) is 5.96 Å². The highest BCUT2D eigenvalue weighted by Crippen LogP contribution is 2.28. The zero-order valence-electron chi connectivity index (χ0n) is 13.7. The third-order valence-corrected chi connectivity index (χ3v) is 4.54. The van der Waals surface area contributed by atoms with Gasteiger partial charge >= 0.3 is 0 Å². The molecule has 0 aliphatic carbocycles. The van der Waals surface area contributed by atoms with E-state index in [1.165, 1.54) is 11.0 Å². The second-order valence-corrected chi connectivity index (χ2v) is 6.47. The smallest absolute Gasteiger partial charge is 0.243 e. The van der Waals surface area contributed by atoms with Crippen LogP contribution in [0.25, 0.3) is 0 Å². The average molecular weight is 385 g/mol. The van der Waals surface area contributed by atoms with Crippen LogP contribution in [0.4, 0.5) is 4.39 Å². The van der Waals surface area contributed by atoms with Crippen molar-refractivity contribution in [2.75, 3.05) is 33.7 Å². The van der Waals surface area contributed by atoms with E-state index in [4.69, 9.17) is 0 Å². The van der Waals surface area contributed by atoms with E-state index >= 15 is 0 Å². The number of nitrogens with zero attached hydrogens (tertiary/aromatic N) is 3. The Hall–Kier alpha value is -1.63. The van der Waals surface area contributed by atoms with Gasteiger partial charge in [0.25, 0.3) is 0 Å². The average Bonchev–Trinajstić information content (AvgIpc) is 2.54. The first kappa shape index (κ1) is 17.7. The summed E-state index contributed by atoms with van der Waals surface area (Å²) >= 11 is 3.49. The first-order valence-electron chi connectivity index (χ1n) is 7.63. The number of likely N-dealkylation sites (N-methyl/N-ethyl adjacent to an activating group) is 1. The van der Waals surface area contributed by atoms with Crippen molar-refractivity contribution in [2.24, 2.45) is 4.99 Å². The maximum atomic E-state index is 14.1. The Balaban J connectivity index is 2.20. The number of halogens is 2. The number of benzene rings is 1. The van der Waals surface area contributed by atoms with E-state index in [-0.39, 0.29) is 18.3 Å². The molecule has 1 N–H and O–H groups in total. The van der Waals surface area contributed by atoms with Gasteiger partial charge in [0.05, 0.1) is 0 Å². The molecule has 7 heteroatoms. The predicted octanol–water partition coefficient (Wildman–Crippen LogP) is 2.00. The lowest BCUT2D eigenvalue weighted by atomic mass is 9.99. The van der Waals surface area contributed by atoms with Crippen molar-refractivity contribution in [3.05, 3.63) is 33.5 Å². The summed E-state index contributed by atoms with van der Waals surface area (Å²) < 4.78 is 15.1. The minimum atomic E-state index is -0.201. The van der Waals surface area contributed by atoms with Crippen molar-refractivity contribution in [2.45, 2.75) is 19.9 Å². The maximum absolute atomic E-state index is 14.1. The molecule has 1 aliphatic heterocycles. The fraction of sp³-hybridized carbons (Fsp3) is 0.500. The van der Waals surface area contributed by atoms with Crippen LogP contribution >= 0.6 is 15.9 Å². The van der Waals surface area contributed by atoms with E-state index in [1.807, 2.05) is 11.8 Å². The third kappa shape index (κ3) is 4.22. The third-order valence-electron chi connectivity index (χ3n) is 3.79. The van der Waals surface area contributed by atoms with Crippen LogP contribution in [0, 0.1) is 5.82 Å². The highest BCUT2D eigenvalue weighted by Gasteiger charge is 2.23. The topological polar surface area (TPSA) is 47.9 Å². The summed E-state index contributed by atoms with van der Waals surface area (Å²) in [7, 11) is 3.41. The van der Waals surface area contributed by atoms with E-state index in [0.29, 0.717) is 24.6 Å². The van der Waals surface area contributed by atoms with Gasteiger partial charge in [0, 0.05) is 43.8 Å². The van der Waals surface area contributed by atoms with Gasteiger partial charge in [-0.05, 0) is 31.0 Å². The summed E-state index contributed by atoms with van der Waals surface area (Å²) in [4.78, 5) is 19.6. The van der Waals surface area contributed by atoms with Crippen molar-refractivity contribution in [1.29, 1.82) is 0 Å². The molecule has 23 heavy (non-hydrogen) atoms. The number of hydrogen-bond acceptors (Lipinski definition) is 2. The minimum Gasteiger partial charge on any atom is -0.356 e. The van der Waals surface area contributed by atoms with Crippen LogP contribution in [0.15, 0.2) is 21.6 Å². The Morgan fingerprint density at radius 3 is 2.83 bits per heavy atom. The van der Waals surface area contributed by atoms with E-state index in [9.17, 15) is 9.18 Å². The molecule has 0 fully saturated rings. The zero-order valence-corrected chi connectivity index (χ0v) is 15.3. The zero-order chi connectivity index (χ0) is 17.0. The number of fused-ring (bicyclic) bond motifs is 1. The van der Waals surface area contributed by atoms with Crippen LogP contribution in [0.5, 0.6) is 0 Å². The molecular formula is C16H22BrFN4O. The molecule has 0 saturated heterocycles. The Morgan fingerprint density at radius 1 is 1.43 bits per heavy atom. The van der Waals surface area contributed by atoms with E-state index in [0.717, 1.165) is 23.0 Å². The maximum Gasteiger partial charge on any atom is 0.243 e. The summed E-state index contributed by atoms with van der Waals surface area (Å²) in [5.41, 5.74) is 1.71. The van der Waals surface area contributed by atoms with Gasteiger partial charge in [-0.1, -0.05) is 15.9 Å². The molecule has 1 aromatic rings. The Kier molecular flexibility index (Phi) is 5.98. The predicted molar refractivity (Wildman–Crippen MR) is 92.9 cm³/mol. The summed E-state index contributed by atoms with van der Waals surface area (Å²) in [5.74, 6) is 0.382. The number of hydrogen-bond donors (Lipinski definition) is 1. The number of carbonyl (C=O) groups excluding carboxylic acids is 1. The molecule has 1 heterocycles. The van der Waals surface area contributed by atoms with Crippen molar-refractivity contribution < 1.29 is 9.18 Å². The second-order valence-electron chi connectivity index (χ2n) is 5.62. The quantitative estimate of drug-likeness (QED) is 0.640. The number of aliphatic imine (C=N–C) groups is 1. The van der Waals surface area contributed by atoms with Crippen LogP contribution < -0.4 is 5.32 Å². The van der Waals surface area contributed by atoms with Crippen LogP contribution in [0.2, 0.25) is 0 Å². The molecule has 0 saturated carbocycles. The van der Waals surface area contributed by atoms with Gasteiger partial charge < -0.3 is 15.1 Å². The highest BCUT2D eigenvalue weighted by atomic mass is 79.9. The summed E-state index contributed by atoms with van der Waals surface area (Å²) in [5, 5.41) is 3.18. The fourth-order valence-corrected chi connectivity index (χ4v) is 3.05. The molecule has 126 valence electrons. The van der Waals surface area contributed by atoms with Gasteiger partial charge in [0.2, 0.25) is 5.91 Å². The molecule has 0 spiro atoms. The molecule has 1 aromatic carbocycles. The summed E-state index contributed by atoms with van der Waals surface area (Å²) in [6.45, 7) is 3.93. The van der Waals surface area contributed by atoms with Crippen LogP contribution in [0.3, 0.4) is 0 Å². The first-order chi connectivity index (χ1) is 10.9. The largest absolute Gasteiger partial charge is 0.356 e. The van der Waals surface area contributed by atoms with Crippen LogP contribution in [0.1, 0.15) is 18.1 Å². The summed E-state index contributed by atoms with van der Waals surface area (Å²) in [6, 6.07) is 3.23. The molecule has 0 atom stereocenters. The van der Waals surface area contributed by atoms with Crippen molar-refractivity contribution in [3.63, 3.8) is 0 Å². The van der Waals surface area contributed by atoms with Gasteiger partial charge in [0.1, 0.15) is 12.4 Å². The van der Waals surface area contributed by atoms with Gasteiger partial charge in [-0.3, -0.25) is 4.79 Å². The standard InChI is InChI=1S/C16H22BrFN4O/c1-4-19-16(20-9-15(23)21(2)3)22-8-7-11-12(10-22)14(18)6-5-13(11)17/h5-6H,4,7-10H2,1-3H3,(H,19,20).